The van der Waals surface area contributed by atoms with Gasteiger partial charge in [0.05, 0.1) is 13.2 Å². The van der Waals surface area contributed by atoms with Gasteiger partial charge < -0.3 is 15.0 Å². The second-order valence-electron chi connectivity index (χ2n) is 5.64. The molecule has 1 aromatic carbocycles. The highest BCUT2D eigenvalue weighted by Gasteiger charge is 2.20. The fraction of sp³-hybridized carbons (Fsp3) is 0.562. The molecule has 1 atom stereocenters. The monoisotopic (exact) mass is 278 g/mol. The maximum Gasteiger partial charge on any atom is 0.239 e. The molecule has 1 aromatic rings. The summed E-state index contributed by atoms with van der Waals surface area (Å²) in [6.07, 6.45) is 0.840. The number of carbonyl (C=O) groups is 1. The van der Waals surface area contributed by atoms with Gasteiger partial charge in [0, 0.05) is 20.6 Å². The fourth-order valence-electron chi connectivity index (χ4n) is 2.04. The number of rotatable bonds is 7. The van der Waals surface area contributed by atoms with Crippen LogP contribution >= 0.6 is 0 Å². The van der Waals surface area contributed by atoms with Gasteiger partial charge in [-0.2, -0.15) is 0 Å². The van der Waals surface area contributed by atoms with Crippen LogP contribution in [0.25, 0.3) is 0 Å². The summed E-state index contributed by atoms with van der Waals surface area (Å²) in [5.41, 5.74) is 1.14. The summed E-state index contributed by atoms with van der Waals surface area (Å²) in [4.78, 5) is 13.8. The Bertz CT molecular complexity index is 413. The Balaban J connectivity index is 2.62. The molecule has 0 bridgehead atoms. The first-order chi connectivity index (χ1) is 9.43. The van der Waals surface area contributed by atoms with Gasteiger partial charge in [-0.15, -0.1) is 0 Å². The van der Waals surface area contributed by atoms with Crippen LogP contribution < -0.4 is 10.1 Å². The van der Waals surface area contributed by atoms with E-state index in [9.17, 15) is 4.79 Å². The van der Waals surface area contributed by atoms with Crippen molar-refractivity contribution in [3.8, 4) is 5.75 Å². The first-order valence-electron chi connectivity index (χ1n) is 7.01. The molecule has 0 aliphatic carbocycles. The zero-order valence-corrected chi connectivity index (χ0v) is 13.1. The number of ether oxygens (including phenoxy) is 1. The van der Waals surface area contributed by atoms with E-state index in [4.69, 9.17) is 4.74 Å². The molecule has 0 radical (unpaired) electrons. The number of hydrogen-bond donors (Lipinski definition) is 1. The highest BCUT2D eigenvalue weighted by atomic mass is 16.5. The van der Waals surface area contributed by atoms with Gasteiger partial charge >= 0.3 is 0 Å². The molecule has 4 nitrogen and oxygen atoms in total. The second kappa shape index (κ2) is 7.90. The van der Waals surface area contributed by atoms with Crippen molar-refractivity contribution in [2.45, 2.75) is 32.9 Å². The van der Waals surface area contributed by atoms with Crippen LogP contribution in [0.3, 0.4) is 0 Å². The van der Waals surface area contributed by atoms with Crippen LogP contribution in [0.4, 0.5) is 0 Å². The maximum absolute atomic E-state index is 12.1. The van der Waals surface area contributed by atoms with E-state index in [1.807, 2.05) is 24.3 Å². The van der Waals surface area contributed by atoms with E-state index in [1.54, 1.807) is 26.1 Å². The Morgan fingerprint density at radius 2 is 1.85 bits per heavy atom. The average molecular weight is 278 g/mol. The third-order valence-electron chi connectivity index (χ3n) is 3.16. The highest BCUT2D eigenvalue weighted by Crippen LogP contribution is 2.12. The van der Waals surface area contributed by atoms with Crippen LogP contribution in [-0.2, 0) is 11.3 Å². The van der Waals surface area contributed by atoms with E-state index < -0.39 is 0 Å². The Morgan fingerprint density at radius 1 is 1.25 bits per heavy atom. The first kappa shape index (κ1) is 16.5. The number of benzene rings is 1. The molecule has 1 unspecified atom stereocenters. The standard InChI is InChI=1S/C16H26N2O2/c1-12(2)10-15(16(19)18(3)4)17-11-13-6-8-14(20-5)9-7-13/h6-9,12,15,17H,10-11H2,1-5H3. The summed E-state index contributed by atoms with van der Waals surface area (Å²) < 4.78 is 5.14. The molecule has 0 fully saturated rings. The lowest BCUT2D eigenvalue weighted by atomic mass is 10.0. The predicted molar refractivity (Wildman–Crippen MR) is 81.8 cm³/mol. The summed E-state index contributed by atoms with van der Waals surface area (Å²) in [6.45, 7) is 4.94. The topological polar surface area (TPSA) is 41.6 Å². The van der Waals surface area contributed by atoms with Crippen molar-refractivity contribution in [3.05, 3.63) is 29.8 Å². The van der Waals surface area contributed by atoms with Crippen LogP contribution in [0.5, 0.6) is 5.75 Å². The molecule has 0 aliphatic heterocycles. The maximum atomic E-state index is 12.1. The third-order valence-corrected chi connectivity index (χ3v) is 3.16. The molecule has 0 aliphatic rings. The number of nitrogens with one attached hydrogen (secondary N) is 1. The molecular weight excluding hydrogens is 252 g/mol. The largest absolute Gasteiger partial charge is 0.497 e. The van der Waals surface area contributed by atoms with E-state index in [0.29, 0.717) is 12.5 Å². The van der Waals surface area contributed by atoms with E-state index in [0.717, 1.165) is 17.7 Å². The Kier molecular flexibility index (Phi) is 6.52. The molecule has 4 heteroatoms. The van der Waals surface area contributed by atoms with Gasteiger partial charge in [0.2, 0.25) is 5.91 Å². The van der Waals surface area contributed by atoms with Crippen LogP contribution in [0.15, 0.2) is 24.3 Å². The quantitative estimate of drug-likeness (QED) is 0.832. The molecule has 1 N–H and O–H groups in total. The molecule has 0 spiro atoms. The van der Waals surface area contributed by atoms with Crippen molar-refractivity contribution < 1.29 is 9.53 Å². The van der Waals surface area contributed by atoms with Gasteiger partial charge in [-0.3, -0.25) is 4.79 Å². The van der Waals surface area contributed by atoms with Crippen molar-refractivity contribution in [1.82, 2.24) is 10.2 Å². The lowest BCUT2D eigenvalue weighted by Crippen LogP contribution is -2.44. The minimum absolute atomic E-state index is 0.132. The predicted octanol–water partition coefficient (Wildman–Crippen LogP) is 2.29. The first-order valence-corrected chi connectivity index (χ1v) is 7.01. The number of nitrogens with zero attached hydrogens (tertiary/aromatic N) is 1. The van der Waals surface area contributed by atoms with Crippen LogP contribution in [0.1, 0.15) is 25.8 Å². The summed E-state index contributed by atoms with van der Waals surface area (Å²) in [5.74, 6) is 1.45. The molecule has 112 valence electrons. The van der Waals surface area contributed by atoms with Gasteiger partial charge in [-0.05, 0) is 30.0 Å². The molecule has 1 amide bonds. The molecular formula is C16H26N2O2. The number of hydrogen-bond acceptors (Lipinski definition) is 3. The van der Waals surface area contributed by atoms with Crippen molar-refractivity contribution in [1.29, 1.82) is 0 Å². The molecule has 20 heavy (non-hydrogen) atoms. The Labute approximate surface area is 122 Å². The molecule has 0 aromatic heterocycles. The van der Waals surface area contributed by atoms with Gasteiger partial charge in [-0.1, -0.05) is 26.0 Å². The van der Waals surface area contributed by atoms with Crippen molar-refractivity contribution in [2.24, 2.45) is 5.92 Å². The molecule has 0 saturated carbocycles. The average Bonchev–Trinajstić information content (AvgIpc) is 2.42. The second-order valence-corrected chi connectivity index (χ2v) is 5.64. The smallest absolute Gasteiger partial charge is 0.239 e. The van der Waals surface area contributed by atoms with Gasteiger partial charge in [0.25, 0.3) is 0 Å². The third kappa shape index (κ3) is 5.21. The van der Waals surface area contributed by atoms with E-state index >= 15 is 0 Å². The van der Waals surface area contributed by atoms with E-state index in [2.05, 4.69) is 19.2 Å². The minimum atomic E-state index is -0.132. The van der Waals surface area contributed by atoms with Gasteiger partial charge in [0.15, 0.2) is 0 Å². The van der Waals surface area contributed by atoms with Gasteiger partial charge in [0.1, 0.15) is 5.75 Å². The van der Waals surface area contributed by atoms with Crippen LogP contribution in [0.2, 0.25) is 0 Å². The molecule has 0 saturated heterocycles. The summed E-state index contributed by atoms with van der Waals surface area (Å²) in [5, 5.41) is 3.35. The highest BCUT2D eigenvalue weighted by molar-refractivity contribution is 5.81. The SMILES string of the molecule is COc1ccc(CNC(CC(C)C)C(=O)N(C)C)cc1. The van der Waals surface area contributed by atoms with Gasteiger partial charge in [-0.25, -0.2) is 0 Å². The van der Waals surface area contributed by atoms with Crippen molar-refractivity contribution >= 4 is 5.91 Å². The van der Waals surface area contributed by atoms with Crippen LogP contribution in [-0.4, -0.2) is 38.1 Å². The number of carbonyl (C=O) groups excluding carboxylic acids is 1. The number of amides is 1. The molecule has 1 rings (SSSR count). The van der Waals surface area contributed by atoms with E-state index in [1.165, 1.54) is 0 Å². The zero-order valence-electron chi connectivity index (χ0n) is 13.1. The van der Waals surface area contributed by atoms with Crippen molar-refractivity contribution in [3.63, 3.8) is 0 Å². The minimum Gasteiger partial charge on any atom is -0.497 e. The number of likely N-dealkylation sites (N-methyl/N-ethyl adjacent to an activating group) is 1. The lowest BCUT2D eigenvalue weighted by molar-refractivity contribution is -0.131. The normalized spacial score (nSPS) is 12.3. The Morgan fingerprint density at radius 3 is 2.30 bits per heavy atom. The number of methoxy groups -OCH3 is 1. The van der Waals surface area contributed by atoms with E-state index in [-0.39, 0.29) is 11.9 Å². The molecule has 0 heterocycles. The van der Waals surface area contributed by atoms with Crippen molar-refractivity contribution in [2.75, 3.05) is 21.2 Å². The van der Waals surface area contributed by atoms with Crippen LogP contribution in [0, 0.1) is 5.92 Å². The summed E-state index contributed by atoms with van der Waals surface area (Å²) in [6, 6.07) is 7.76. The lowest BCUT2D eigenvalue weighted by Gasteiger charge is -2.23. The fourth-order valence-corrected chi connectivity index (χ4v) is 2.04. The summed E-state index contributed by atoms with van der Waals surface area (Å²) >= 11 is 0. The Hall–Kier alpha value is -1.55. The summed E-state index contributed by atoms with van der Waals surface area (Å²) in [7, 11) is 5.25. The zero-order chi connectivity index (χ0) is 15.1.